The Morgan fingerprint density at radius 2 is 1.92 bits per heavy atom. The van der Waals surface area contributed by atoms with E-state index in [0.29, 0.717) is 5.92 Å². The summed E-state index contributed by atoms with van der Waals surface area (Å²) < 4.78 is 15.9. The number of aliphatic hydroxyl groups excluding tert-OH is 1. The Balaban J connectivity index is 2.16. The summed E-state index contributed by atoms with van der Waals surface area (Å²) >= 11 is 0. The van der Waals surface area contributed by atoms with E-state index in [1.165, 1.54) is 12.0 Å². The smallest absolute Gasteiger partial charge is 0.0972 e. The largest absolute Gasteiger partial charge is 0.393 e. The Bertz CT molecular complexity index is 541. The molecular weight excluding hydrogens is 330 g/mol. The number of hydrogen-bond acceptors (Lipinski definition) is 2. The van der Waals surface area contributed by atoms with Gasteiger partial charge < -0.3 is 5.11 Å². The van der Waals surface area contributed by atoms with E-state index >= 15 is 0 Å². The molecule has 0 aliphatic heterocycles. The lowest BCUT2D eigenvalue weighted by Gasteiger charge is -2.41. The molecule has 0 heterocycles. The summed E-state index contributed by atoms with van der Waals surface area (Å²) in [5, 5.41) is 10.7. The van der Waals surface area contributed by atoms with Gasteiger partial charge in [0.25, 0.3) is 0 Å². The van der Waals surface area contributed by atoms with Crippen molar-refractivity contribution in [2.75, 3.05) is 0 Å². The third kappa shape index (κ3) is 5.90. The van der Waals surface area contributed by atoms with E-state index in [9.17, 15) is 9.32 Å². The van der Waals surface area contributed by atoms with Crippen molar-refractivity contribution < 1.29 is 9.32 Å². The molecule has 0 spiro atoms. The first kappa shape index (κ1) is 20.6. The molecule has 4 heteroatoms. The summed E-state index contributed by atoms with van der Waals surface area (Å²) in [5.74, 6) is 0.697. The van der Waals surface area contributed by atoms with Crippen molar-refractivity contribution in [3.8, 4) is 0 Å². The number of aryl methyl sites for hydroxylation is 1. The van der Waals surface area contributed by atoms with Crippen LogP contribution >= 0.6 is 0 Å². The van der Waals surface area contributed by atoms with E-state index in [1.807, 2.05) is 26.8 Å². The van der Waals surface area contributed by atoms with Gasteiger partial charge in [0.1, 0.15) is 0 Å². The second-order valence-electron chi connectivity index (χ2n) is 8.37. The quantitative estimate of drug-likeness (QED) is 0.760. The summed E-state index contributed by atoms with van der Waals surface area (Å²) in [6, 6.07) is 10.5. The standard InChI is InChI=1S/C21H35NO2S/c1-5-17-12-9-13-19(23)20(17)18(22-25(24)21(2,3)4)15-14-16-10-7-6-8-11-16/h6-8,10-11,17-20,22-23H,5,9,12-15H2,1-4H3/t17-,18+,19+,20-,25+/m0/s1. The first-order valence-corrected chi connectivity index (χ1v) is 10.9. The molecule has 142 valence electrons. The third-order valence-electron chi connectivity index (χ3n) is 5.45. The minimum atomic E-state index is -1.12. The molecule has 1 fully saturated rings. The van der Waals surface area contributed by atoms with Gasteiger partial charge in [0.15, 0.2) is 0 Å². The van der Waals surface area contributed by atoms with Crippen molar-refractivity contribution >= 4 is 11.0 Å². The predicted molar refractivity (Wildman–Crippen MR) is 107 cm³/mol. The molecule has 0 aromatic heterocycles. The van der Waals surface area contributed by atoms with Crippen LogP contribution in [0.3, 0.4) is 0 Å². The minimum Gasteiger partial charge on any atom is -0.393 e. The molecule has 1 aliphatic carbocycles. The SMILES string of the molecule is CC[C@H]1CCC[C@@H](O)[C@@H]1[C@@H](CCc1ccccc1)N[S@](=O)C(C)(C)C. The van der Waals surface area contributed by atoms with Crippen LogP contribution in [0.2, 0.25) is 0 Å². The molecule has 2 N–H and O–H groups in total. The average molecular weight is 366 g/mol. The van der Waals surface area contributed by atoms with E-state index < -0.39 is 11.0 Å². The molecule has 1 aliphatic rings. The van der Waals surface area contributed by atoms with Crippen molar-refractivity contribution in [1.82, 2.24) is 4.72 Å². The molecule has 0 unspecified atom stereocenters. The molecule has 0 radical (unpaired) electrons. The van der Waals surface area contributed by atoms with E-state index in [1.54, 1.807) is 0 Å². The lowest BCUT2D eigenvalue weighted by Crippen LogP contribution is -2.50. The summed E-state index contributed by atoms with van der Waals surface area (Å²) in [5.41, 5.74) is 1.30. The van der Waals surface area contributed by atoms with Crippen molar-refractivity contribution in [2.24, 2.45) is 11.8 Å². The average Bonchev–Trinajstić information content (AvgIpc) is 2.58. The highest BCUT2D eigenvalue weighted by molar-refractivity contribution is 7.84. The van der Waals surface area contributed by atoms with Gasteiger partial charge >= 0.3 is 0 Å². The topological polar surface area (TPSA) is 49.3 Å². The molecular formula is C21H35NO2S. The van der Waals surface area contributed by atoms with Crippen molar-refractivity contribution in [3.63, 3.8) is 0 Å². The van der Waals surface area contributed by atoms with Crippen LogP contribution in [-0.4, -0.2) is 26.2 Å². The lowest BCUT2D eigenvalue weighted by molar-refractivity contribution is 0.0123. The zero-order chi connectivity index (χ0) is 18.4. The van der Waals surface area contributed by atoms with Gasteiger partial charge in [-0.1, -0.05) is 50.1 Å². The molecule has 1 aromatic carbocycles. The van der Waals surface area contributed by atoms with Gasteiger partial charge in [-0.05, 0) is 57.9 Å². The second-order valence-corrected chi connectivity index (χ2v) is 10.4. The van der Waals surface area contributed by atoms with E-state index in [-0.39, 0.29) is 22.8 Å². The van der Waals surface area contributed by atoms with Crippen molar-refractivity contribution in [1.29, 1.82) is 0 Å². The highest BCUT2D eigenvalue weighted by Gasteiger charge is 2.38. The van der Waals surface area contributed by atoms with Crippen LogP contribution in [-0.2, 0) is 17.4 Å². The van der Waals surface area contributed by atoms with Crippen LogP contribution in [0, 0.1) is 11.8 Å². The fraction of sp³-hybridized carbons (Fsp3) is 0.714. The van der Waals surface area contributed by atoms with Gasteiger partial charge in [-0.25, -0.2) is 8.93 Å². The number of benzene rings is 1. The third-order valence-corrected chi connectivity index (χ3v) is 7.08. The molecule has 25 heavy (non-hydrogen) atoms. The summed E-state index contributed by atoms with van der Waals surface area (Å²) in [6.07, 6.45) is 5.78. The van der Waals surface area contributed by atoms with Crippen LogP contribution in [0.4, 0.5) is 0 Å². The first-order chi connectivity index (χ1) is 11.8. The van der Waals surface area contributed by atoms with E-state index in [2.05, 4.69) is 35.9 Å². The van der Waals surface area contributed by atoms with E-state index in [0.717, 1.165) is 32.1 Å². The summed E-state index contributed by atoms with van der Waals surface area (Å²) in [6.45, 7) is 8.21. The second kappa shape index (κ2) is 9.29. The number of hydrogen-bond donors (Lipinski definition) is 2. The Morgan fingerprint density at radius 1 is 1.24 bits per heavy atom. The normalized spacial score (nSPS) is 27.0. The zero-order valence-electron chi connectivity index (χ0n) is 16.2. The van der Waals surface area contributed by atoms with Gasteiger partial charge in [0, 0.05) is 12.0 Å². The Labute approximate surface area is 156 Å². The van der Waals surface area contributed by atoms with Crippen LogP contribution in [0.5, 0.6) is 0 Å². The predicted octanol–water partition coefficient (Wildman–Crippen LogP) is 4.23. The maximum Gasteiger partial charge on any atom is 0.0972 e. The Hall–Kier alpha value is -0.710. The molecule has 5 atom stereocenters. The first-order valence-electron chi connectivity index (χ1n) is 9.73. The van der Waals surface area contributed by atoms with Gasteiger partial charge in [-0.2, -0.15) is 0 Å². The van der Waals surface area contributed by atoms with Gasteiger partial charge in [0.2, 0.25) is 0 Å². The number of rotatable bonds is 7. The minimum absolute atomic E-state index is 0.0838. The lowest BCUT2D eigenvalue weighted by atomic mass is 9.71. The monoisotopic (exact) mass is 365 g/mol. The van der Waals surface area contributed by atoms with Crippen LogP contribution in [0.25, 0.3) is 0 Å². The van der Waals surface area contributed by atoms with Gasteiger partial charge in [-0.3, -0.25) is 0 Å². The van der Waals surface area contributed by atoms with Gasteiger partial charge in [0.05, 0.1) is 21.8 Å². The highest BCUT2D eigenvalue weighted by atomic mass is 32.2. The van der Waals surface area contributed by atoms with Crippen LogP contribution < -0.4 is 4.72 Å². The van der Waals surface area contributed by atoms with Crippen LogP contribution in [0.1, 0.15) is 65.4 Å². The number of aliphatic hydroxyl groups is 1. The summed E-state index contributed by atoms with van der Waals surface area (Å²) in [4.78, 5) is 0. The molecule has 0 bridgehead atoms. The Kier molecular flexibility index (Phi) is 7.66. The molecule has 2 rings (SSSR count). The fourth-order valence-electron chi connectivity index (χ4n) is 3.97. The summed E-state index contributed by atoms with van der Waals surface area (Å²) in [7, 11) is -1.12. The van der Waals surface area contributed by atoms with Gasteiger partial charge in [-0.15, -0.1) is 0 Å². The highest BCUT2D eigenvalue weighted by Crippen LogP contribution is 2.36. The maximum atomic E-state index is 12.7. The van der Waals surface area contributed by atoms with Crippen molar-refractivity contribution in [2.45, 2.75) is 83.1 Å². The molecule has 0 amide bonds. The molecule has 1 saturated carbocycles. The van der Waals surface area contributed by atoms with E-state index in [4.69, 9.17) is 0 Å². The molecule has 0 saturated heterocycles. The molecule has 3 nitrogen and oxygen atoms in total. The zero-order valence-corrected chi connectivity index (χ0v) is 17.0. The Morgan fingerprint density at radius 3 is 2.52 bits per heavy atom. The number of nitrogens with one attached hydrogen (secondary N) is 1. The maximum absolute atomic E-state index is 12.7. The van der Waals surface area contributed by atoms with Crippen molar-refractivity contribution in [3.05, 3.63) is 35.9 Å². The fourth-order valence-corrected chi connectivity index (χ4v) is 4.88. The molecule has 1 aromatic rings. The van der Waals surface area contributed by atoms with Crippen LogP contribution in [0.15, 0.2) is 30.3 Å².